The Balaban J connectivity index is 1.12. The lowest BCUT2D eigenvalue weighted by Gasteiger charge is -2.24. The highest BCUT2D eigenvalue weighted by molar-refractivity contribution is 7.84. The maximum absolute atomic E-state index is 5.89. The van der Waals surface area contributed by atoms with Crippen LogP contribution in [0.1, 0.15) is 80.6 Å². The van der Waals surface area contributed by atoms with Crippen molar-refractivity contribution in [1.29, 1.82) is 0 Å². The Hall–Kier alpha value is -2.62. The normalized spacial score (nSPS) is 18.6. The van der Waals surface area contributed by atoms with E-state index in [1.54, 1.807) is 0 Å². The van der Waals surface area contributed by atoms with Crippen LogP contribution in [-0.4, -0.2) is 19.5 Å². The third-order valence-electron chi connectivity index (χ3n) is 9.77. The van der Waals surface area contributed by atoms with Gasteiger partial charge in [-0.2, -0.15) is 0 Å². The fraction of sp³-hybridized carbons (Fsp3) is 0.158. The van der Waals surface area contributed by atoms with Crippen molar-refractivity contribution < 1.29 is 0 Å². The fourth-order valence-electron chi connectivity index (χ4n) is 7.62. The lowest BCUT2D eigenvalue weighted by Crippen LogP contribution is -2.16. The third-order valence-corrected chi connectivity index (χ3v) is 15.0. The van der Waals surface area contributed by atoms with Crippen molar-refractivity contribution in [2.24, 2.45) is 0 Å². The van der Waals surface area contributed by atoms with Gasteiger partial charge in [0.1, 0.15) is 0 Å². The molecular weight excluding hydrogens is 681 g/mol. The minimum atomic E-state index is -0.113. The summed E-state index contributed by atoms with van der Waals surface area (Å²) < 4.78 is 2.74. The Morgan fingerprint density at radius 1 is 0.556 bits per heavy atom. The van der Waals surface area contributed by atoms with Gasteiger partial charge in [0.2, 0.25) is 0 Å². The molecule has 3 heterocycles. The Morgan fingerprint density at radius 2 is 1.02 bits per heavy atom. The number of thiocarbonyl (C=S) groups is 4. The van der Waals surface area contributed by atoms with Gasteiger partial charge < -0.3 is 0 Å². The molecule has 7 heteroatoms. The van der Waals surface area contributed by atoms with E-state index in [0.717, 1.165) is 52.9 Å². The predicted octanol–water partition coefficient (Wildman–Crippen LogP) is 11.6. The second kappa shape index (κ2) is 9.48. The largest absolute Gasteiger partial charge is 0.136 e. The standard InChI is InChI=1S/C38H24S7/c1-37(2)25-15-17(13-23-30(39)19-9-5-6-10-20(19)31(23)40)43-34(25)27-28(37)36-29(38(27,3)4)35-26(45-36)16-18(44-35)14-24-32(41)21-11-7-8-12-22(21)33(24)42/h5-16H,1-4H3. The van der Waals surface area contributed by atoms with Crippen LogP contribution in [-0.2, 0) is 10.8 Å². The molecule has 0 amide bonds. The van der Waals surface area contributed by atoms with E-state index in [1.165, 1.54) is 51.2 Å². The van der Waals surface area contributed by atoms with Crippen LogP contribution in [0.15, 0.2) is 71.8 Å². The second-order valence-electron chi connectivity index (χ2n) is 13.1. The highest BCUT2D eigenvalue weighted by Gasteiger charge is 2.52. The molecule has 2 aromatic carbocycles. The highest BCUT2D eigenvalue weighted by atomic mass is 32.1. The smallest absolute Gasteiger partial charge is 0.0543 e. The summed E-state index contributed by atoms with van der Waals surface area (Å²) in [5.74, 6) is 0. The van der Waals surface area contributed by atoms with Crippen molar-refractivity contribution >= 4 is 135 Å². The summed E-state index contributed by atoms with van der Waals surface area (Å²) in [5.41, 5.74) is 12.0. The second-order valence-corrected chi connectivity index (χ2v) is 17.9. The molecule has 0 radical (unpaired) electrons. The van der Waals surface area contributed by atoms with Crippen molar-refractivity contribution in [3.8, 4) is 0 Å². The quantitative estimate of drug-likeness (QED) is 0.132. The van der Waals surface area contributed by atoms with Crippen molar-refractivity contribution in [2.45, 2.75) is 38.5 Å². The van der Waals surface area contributed by atoms with E-state index in [1.807, 2.05) is 58.3 Å². The molecule has 0 nitrogen and oxygen atoms in total. The van der Waals surface area contributed by atoms with Gasteiger partial charge in [0.25, 0.3) is 0 Å². The molecule has 9 rings (SSSR count). The van der Waals surface area contributed by atoms with Gasteiger partial charge in [0.15, 0.2) is 0 Å². The average molecular weight is 705 g/mol. The Labute approximate surface area is 295 Å². The van der Waals surface area contributed by atoms with Gasteiger partial charge in [-0.1, -0.05) is 125 Å². The first-order valence-corrected chi connectivity index (χ1v) is 18.8. The fourth-order valence-corrected chi connectivity index (χ4v) is 13.7. The summed E-state index contributed by atoms with van der Waals surface area (Å²) in [6, 6.07) is 21.2. The molecule has 0 saturated carbocycles. The Kier molecular flexibility index (Phi) is 6.02. The van der Waals surface area contributed by atoms with Gasteiger partial charge in [0, 0.05) is 68.4 Å². The molecule has 5 aromatic rings. The monoisotopic (exact) mass is 704 g/mol. The number of rotatable bonds is 2. The van der Waals surface area contributed by atoms with Crippen LogP contribution in [0.25, 0.3) is 32.7 Å². The molecule has 0 bridgehead atoms. The molecule has 4 aliphatic rings. The van der Waals surface area contributed by atoms with Crippen LogP contribution >= 0.6 is 82.9 Å². The molecule has 45 heavy (non-hydrogen) atoms. The molecule has 218 valence electrons. The van der Waals surface area contributed by atoms with E-state index in [-0.39, 0.29) is 10.8 Å². The molecule has 0 aliphatic heterocycles. The molecule has 0 fully saturated rings. The predicted molar refractivity (Wildman–Crippen MR) is 213 cm³/mol. The molecule has 0 unspecified atom stereocenters. The van der Waals surface area contributed by atoms with Crippen molar-refractivity contribution in [3.05, 3.63) is 125 Å². The number of fused-ring (bicyclic) bond motifs is 8. The zero-order valence-corrected chi connectivity index (χ0v) is 30.5. The van der Waals surface area contributed by atoms with E-state index >= 15 is 0 Å². The summed E-state index contributed by atoms with van der Waals surface area (Å²) in [6.07, 6.45) is 4.45. The topological polar surface area (TPSA) is 0 Å². The van der Waals surface area contributed by atoms with E-state index < -0.39 is 0 Å². The van der Waals surface area contributed by atoms with Crippen LogP contribution in [0.5, 0.6) is 0 Å². The molecule has 0 saturated heterocycles. The number of hydrogen-bond acceptors (Lipinski definition) is 7. The number of hydrogen-bond donors (Lipinski definition) is 0. The van der Waals surface area contributed by atoms with Crippen LogP contribution < -0.4 is 0 Å². The van der Waals surface area contributed by atoms with Crippen LogP contribution in [0.3, 0.4) is 0 Å². The summed E-state index contributed by atoms with van der Waals surface area (Å²) in [7, 11) is 0. The van der Waals surface area contributed by atoms with Crippen molar-refractivity contribution in [1.82, 2.24) is 0 Å². The van der Waals surface area contributed by atoms with Crippen LogP contribution in [0.4, 0.5) is 0 Å². The van der Waals surface area contributed by atoms with Gasteiger partial charge in [-0.3, -0.25) is 0 Å². The Bertz CT molecular complexity index is 2310. The van der Waals surface area contributed by atoms with Crippen molar-refractivity contribution in [2.75, 3.05) is 0 Å². The van der Waals surface area contributed by atoms with E-state index in [2.05, 4.69) is 76.2 Å². The summed E-state index contributed by atoms with van der Waals surface area (Å²) in [4.78, 5) is 8.74. The summed E-state index contributed by atoms with van der Waals surface area (Å²) in [5, 5.41) is 0. The average Bonchev–Trinajstić information content (AvgIpc) is 3.84. The first kappa shape index (κ1) is 28.6. The third kappa shape index (κ3) is 3.72. The number of allylic oxidation sites excluding steroid dienone is 4. The van der Waals surface area contributed by atoms with Crippen molar-refractivity contribution in [3.63, 3.8) is 0 Å². The lowest BCUT2D eigenvalue weighted by atomic mass is 9.80. The minimum Gasteiger partial charge on any atom is -0.136 e. The molecule has 3 aromatic heterocycles. The zero-order valence-electron chi connectivity index (χ0n) is 24.8. The van der Waals surface area contributed by atoms with Gasteiger partial charge in [-0.15, -0.1) is 34.0 Å². The molecule has 0 spiro atoms. The first-order chi connectivity index (χ1) is 21.5. The van der Waals surface area contributed by atoms with Gasteiger partial charge >= 0.3 is 0 Å². The SMILES string of the molecule is CC1(C)C2=C(c3sc(C=C4C(=S)c5ccccc5C4=S)cc31)C(C)(C)c1c2sc2cc(C=C3C(=S)c4ccccc4C3=S)sc12. The number of thiophene rings is 3. The van der Waals surface area contributed by atoms with Gasteiger partial charge in [-0.25, -0.2) is 0 Å². The van der Waals surface area contributed by atoms with E-state index in [4.69, 9.17) is 48.9 Å². The number of benzene rings is 2. The zero-order chi connectivity index (χ0) is 31.2. The van der Waals surface area contributed by atoms with Gasteiger partial charge in [0.05, 0.1) is 24.2 Å². The molecule has 4 aliphatic carbocycles. The van der Waals surface area contributed by atoms with Crippen LogP contribution in [0.2, 0.25) is 0 Å². The lowest BCUT2D eigenvalue weighted by molar-refractivity contribution is 0.705. The summed E-state index contributed by atoms with van der Waals surface area (Å²) in [6.45, 7) is 9.62. The van der Waals surface area contributed by atoms with E-state index in [0.29, 0.717) is 0 Å². The molecule has 0 N–H and O–H groups in total. The first-order valence-electron chi connectivity index (χ1n) is 14.8. The molecule has 0 atom stereocenters. The highest BCUT2D eigenvalue weighted by Crippen LogP contribution is 2.67. The van der Waals surface area contributed by atoms with Gasteiger partial charge in [-0.05, 0) is 46.6 Å². The maximum Gasteiger partial charge on any atom is 0.0543 e. The summed E-state index contributed by atoms with van der Waals surface area (Å²) >= 11 is 29.2. The van der Waals surface area contributed by atoms with Crippen LogP contribution in [0, 0.1) is 0 Å². The maximum atomic E-state index is 5.89. The van der Waals surface area contributed by atoms with E-state index in [9.17, 15) is 0 Å². The Morgan fingerprint density at radius 3 is 1.53 bits per heavy atom. The minimum absolute atomic E-state index is 0.0914. The molecular formula is C38H24S7.